The van der Waals surface area contributed by atoms with Crippen LogP contribution in [0.15, 0.2) is 36.5 Å². The molecular formula is C20H22ClN5O3. The summed E-state index contributed by atoms with van der Waals surface area (Å²) in [5.74, 6) is 1.72. The third kappa shape index (κ3) is 3.93. The number of carbonyl (C=O) groups is 1. The highest BCUT2D eigenvalue weighted by Gasteiger charge is 2.28. The predicted octanol–water partition coefficient (Wildman–Crippen LogP) is 3.26. The molecule has 0 saturated carbocycles. The van der Waals surface area contributed by atoms with E-state index < -0.39 is 0 Å². The summed E-state index contributed by atoms with van der Waals surface area (Å²) in [6, 6.07) is 8.94. The van der Waals surface area contributed by atoms with Crippen LogP contribution in [0.3, 0.4) is 0 Å². The summed E-state index contributed by atoms with van der Waals surface area (Å²) < 4.78 is 12.4. The second-order valence-corrected chi connectivity index (χ2v) is 7.33. The first kappa shape index (κ1) is 19.3. The van der Waals surface area contributed by atoms with Crippen LogP contribution in [0, 0.1) is 5.92 Å². The van der Waals surface area contributed by atoms with Crippen molar-refractivity contribution in [3.63, 3.8) is 0 Å². The van der Waals surface area contributed by atoms with Gasteiger partial charge in [-0.05, 0) is 25.0 Å². The summed E-state index contributed by atoms with van der Waals surface area (Å²) in [7, 11) is 3.16. The molecule has 1 aliphatic heterocycles. The van der Waals surface area contributed by atoms with Crippen molar-refractivity contribution in [1.82, 2.24) is 14.6 Å². The smallest absolute Gasteiger partial charge is 0.231 e. The number of nitrogens with zero attached hydrogens (tertiary/aromatic N) is 4. The molecule has 1 amide bonds. The van der Waals surface area contributed by atoms with Gasteiger partial charge >= 0.3 is 0 Å². The van der Waals surface area contributed by atoms with Crippen LogP contribution in [0.4, 0.5) is 11.6 Å². The lowest BCUT2D eigenvalue weighted by Gasteiger charge is -2.32. The molecule has 8 nitrogen and oxygen atoms in total. The molecule has 0 spiro atoms. The van der Waals surface area contributed by atoms with Gasteiger partial charge in [-0.3, -0.25) is 9.20 Å². The summed E-state index contributed by atoms with van der Waals surface area (Å²) in [5.41, 5.74) is 1.25. The number of anilines is 2. The fourth-order valence-corrected chi connectivity index (χ4v) is 3.79. The fraction of sp³-hybridized carbons (Fsp3) is 0.350. The normalized spacial score (nSPS) is 16.7. The second-order valence-electron chi connectivity index (χ2n) is 6.93. The summed E-state index contributed by atoms with van der Waals surface area (Å²) in [6.45, 7) is 1.37. The van der Waals surface area contributed by atoms with E-state index in [1.165, 1.54) is 0 Å². The van der Waals surface area contributed by atoms with Crippen molar-refractivity contribution in [3.05, 3.63) is 41.6 Å². The number of halogens is 1. The molecule has 0 unspecified atom stereocenters. The van der Waals surface area contributed by atoms with E-state index in [0.29, 0.717) is 40.3 Å². The molecule has 1 N–H and O–H groups in total. The maximum Gasteiger partial charge on any atom is 0.231 e. The van der Waals surface area contributed by atoms with E-state index in [1.54, 1.807) is 38.5 Å². The van der Waals surface area contributed by atoms with Gasteiger partial charge in [-0.1, -0.05) is 11.6 Å². The van der Waals surface area contributed by atoms with E-state index in [-0.39, 0.29) is 11.8 Å². The molecule has 1 aliphatic rings. The molecule has 1 aromatic carbocycles. The lowest BCUT2D eigenvalue weighted by atomic mass is 9.97. The lowest BCUT2D eigenvalue weighted by molar-refractivity contribution is -0.120. The summed E-state index contributed by atoms with van der Waals surface area (Å²) in [6.07, 6.45) is 3.57. The minimum absolute atomic E-state index is 0.0446. The van der Waals surface area contributed by atoms with Crippen LogP contribution in [0.5, 0.6) is 11.5 Å². The Morgan fingerprint density at radius 1 is 1.21 bits per heavy atom. The molecule has 0 bridgehead atoms. The monoisotopic (exact) mass is 415 g/mol. The van der Waals surface area contributed by atoms with Gasteiger partial charge in [0.2, 0.25) is 11.9 Å². The van der Waals surface area contributed by atoms with Crippen molar-refractivity contribution in [1.29, 1.82) is 0 Å². The molecular weight excluding hydrogens is 394 g/mol. The Kier molecular flexibility index (Phi) is 5.44. The Hall–Kier alpha value is -3.00. The van der Waals surface area contributed by atoms with Gasteiger partial charge in [0.25, 0.3) is 0 Å². The van der Waals surface area contributed by atoms with E-state index in [1.807, 2.05) is 16.7 Å². The van der Waals surface area contributed by atoms with Gasteiger partial charge in [0.1, 0.15) is 11.5 Å². The average molecular weight is 416 g/mol. The van der Waals surface area contributed by atoms with E-state index in [2.05, 4.69) is 20.4 Å². The summed E-state index contributed by atoms with van der Waals surface area (Å²) in [4.78, 5) is 15.0. The molecule has 29 heavy (non-hydrogen) atoms. The van der Waals surface area contributed by atoms with Crippen molar-refractivity contribution < 1.29 is 14.3 Å². The number of pyridine rings is 1. The predicted molar refractivity (Wildman–Crippen MR) is 111 cm³/mol. The Morgan fingerprint density at radius 3 is 2.69 bits per heavy atom. The molecule has 4 rings (SSSR count). The van der Waals surface area contributed by atoms with Crippen molar-refractivity contribution in [3.8, 4) is 11.5 Å². The zero-order chi connectivity index (χ0) is 20.4. The number of rotatable bonds is 5. The van der Waals surface area contributed by atoms with Crippen molar-refractivity contribution in [2.75, 3.05) is 37.5 Å². The quantitative estimate of drug-likeness (QED) is 0.688. The average Bonchev–Trinajstić information content (AvgIpc) is 3.19. The van der Waals surface area contributed by atoms with Crippen LogP contribution in [-0.4, -0.2) is 47.8 Å². The number of hydrogen-bond donors (Lipinski definition) is 1. The van der Waals surface area contributed by atoms with Gasteiger partial charge in [0.05, 0.1) is 25.2 Å². The first-order valence-electron chi connectivity index (χ1n) is 9.37. The van der Waals surface area contributed by atoms with E-state index in [0.717, 1.165) is 19.4 Å². The highest BCUT2D eigenvalue weighted by Crippen LogP contribution is 2.28. The number of amides is 1. The Balaban J connectivity index is 1.51. The van der Waals surface area contributed by atoms with Crippen LogP contribution < -0.4 is 19.7 Å². The number of nitrogens with one attached hydrogen (secondary N) is 1. The van der Waals surface area contributed by atoms with Gasteiger partial charge in [-0.2, -0.15) is 0 Å². The van der Waals surface area contributed by atoms with Gasteiger partial charge in [-0.25, -0.2) is 0 Å². The van der Waals surface area contributed by atoms with Crippen molar-refractivity contribution >= 4 is 34.8 Å². The maximum atomic E-state index is 12.9. The number of benzene rings is 1. The molecule has 1 saturated heterocycles. The molecule has 1 fully saturated rings. The third-order valence-corrected chi connectivity index (χ3v) is 5.36. The summed E-state index contributed by atoms with van der Waals surface area (Å²) >= 11 is 6.20. The fourth-order valence-electron chi connectivity index (χ4n) is 3.58. The minimum Gasteiger partial charge on any atom is -0.497 e. The van der Waals surface area contributed by atoms with E-state index >= 15 is 0 Å². The van der Waals surface area contributed by atoms with Crippen LogP contribution in [0.2, 0.25) is 5.02 Å². The van der Waals surface area contributed by atoms with Gasteiger partial charge in [0.15, 0.2) is 5.65 Å². The first-order valence-corrected chi connectivity index (χ1v) is 9.75. The number of ether oxygens (including phenoxy) is 2. The van der Waals surface area contributed by atoms with Crippen LogP contribution in [0.25, 0.3) is 5.65 Å². The van der Waals surface area contributed by atoms with E-state index in [9.17, 15) is 4.79 Å². The number of piperidine rings is 1. The maximum absolute atomic E-state index is 12.9. The van der Waals surface area contributed by atoms with Crippen molar-refractivity contribution in [2.45, 2.75) is 12.8 Å². The molecule has 2 aromatic heterocycles. The van der Waals surface area contributed by atoms with Crippen molar-refractivity contribution in [2.24, 2.45) is 5.92 Å². The number of fused-ring (bicyclic) bond motifs is 1. The highest BCUT2D eigenvalue weighted by molar-refractivity contribution is 6.33. The lowest BCUT2D eigenvalue weighted by Crippen LogP contribution is -2.41. The molecule has 0 radical (unpaired) electrons. The standard InChI is InChI=1S/C20H22ClN5O3/c1-28-15-9-14(10-16(11-15)29-2)22-19(27)13-5-3-7-25(12-13)20-24-23-18-17(21)6-4-8-26(18)20/h4,6,8-11,13H,3,5,7,12H2,1-2H3,(H,22,27)/t13-/m0/s1. The van der Waals surface area contributed by atoms with Gasteiger partial charge < -0.3 is 19.7 Å². The molecule has 9 heteroatoms. The minimum atomic E-state index is -0.174. The largest absolute Gasteiger partial charge is 0.497 e. The number of hydrogen-bond acceptors (Lipinski definition) is 6. The number of aromatic nitrogens is 3. The molecule has 152 valence electrons. The zero-order valence-electron chi connectivity index (χ0n) is 16.3. The van der Waals surface area contributed by atoms with Gasteiger partial charge in [0, 0.05) is 43.2 Å². The molecule has 1 atom stereocenters. The Morgan fingerprint density at radius 2 is 1.97 bits per heavy atom. The summed E-state index contributed by atoms with van der Waals surface area (Å²) in [5, 5.41) is 12.0. The molecule has 3 aromatic rings. The first-order chi connectivity index (χ1) is 14.1. The third-order valence-electron chi connectivity index (χ3n) is 5.06. The SMILES string of the molecule is COc1cc(NC(=O)[C@H]2CCCN(c3nnc4c(Cl)cccn34)C2)cc(OC)c1. The van der Waals surface area contributed by atoms with E-state index in [4.69, 9.17) is 21.1 Å². The van der Waals surface area contributed by atoms with Crippen LogP contribution >= 0.6 is 11.6 Å². The zero-order valence-corrected chi connectivity index (χ0v) is 17.0. The number of carbonyl (C=O) groups excluding carboxylic acids is 1. The highest BCUT2D eigenvalue weighted by atomic mass is 35.5. The second kappa shape index (κ2) is 8.16. The molecule has 0 aliphatic carbocycles. The molecule has 3 heterocycles. The van der Waals surface area contributed by atoms with Crippen LogP contribution in [-0.2, 0) is 4.79 Å². The van der Waals surface area contributed by atoms with Crippen LogP contribution in [0.1, 0.15) is 12.8 Å². The topological polar surface area (TPSA) is 81.0 Å². The Labute approximate surface area is 173 Å². The Bertz CT molecular complexity index is 1020. The van der Waals surface area contributed by atoms with Gasteiger partial charge in [-0.15, -0.1) is 10.2 Å². The number of methoxy groups -OCH3 is 2.